The summed E-state index contributed by atoms with van der Waals surface area (Å²) in [5.41, 5.74) is 6.98. The van der Waals surface area contributed by atoms with Gasteiger partial charge in [-0.1, -0.05) is 0 Å². The van der Waals surface area contributed by atoms with Crippen LogP contribution < -0.4 is 5.73 Å². The van der Waals surface area contributed by atoms with Crippen LogP contribution in [0.4, 0.5) is 10.6 Å². The molecule has 0 spiro atoms. The van der Waals surface area contributed by atoms with Gasteiger partial charge in [-0.25, -0.2) is 14.3 Å². The van der Waals surface area contributed by atoms with Crippen LogP contribution >= 0.6 is 0 Å². The van der Waals surface area contributed by atoms with Gasteiger partial charge in [0, 0.05) is 19.0 Å². The van der Waals surface area contributed by atoms with Gasteiger partial charge in [0.25, 0.3) is 0 Å². The molecule has 0 saturated carbocycles. The Hall–Kier alpha value is -2.35. The lowest BCUT2D eigenvalue weighted by Gasteiger charge is -2.18. The van der Waals surface area contributed by atoms with E-state index in [-0.39, 0.29) is 5.92 Å². The standard InChI is InChI=1S/C12H15N5O3/c13-11-9-2-1-8(17(9)15-6-14-11)10(18)7-3-4-16(5-7)12(19)20/h1-2,6-7,10,18H,3-5H2,(H,19,20)(H2,13,14,15). The van der Waals surface area contributed by atoms with E-state index in [1.165, 1.54) is 11.2 Å². The molecular weight excluding hydrogens is 262 g/mol. The quantitative estimate of drug-likeness (QED) is 0.729. The van der Waals surface area contributed by atoms with E-state index in [0.29, 0.717) is 36.5 Å². The lowest BCUT2D eigenvalue weighted by atomic mass is 9.99. The second-order valence-electron chi connectivity index (χ2n) is 4.92. The summed E-state index contributed by atoms with van der Waals surface area (Å²) in [7, 11) is 0. The van der Waals surface area contributed by atoms with Crippen LogP contribution in [0, 0.1) is 5.92 Å². The van der Waals surface area contributed by atoms with E-state index in [4.69, 9.17) is 10.8 Å². The highest BCUT2D eigenvalue weighted by Gasteiger charge is 2.33. The van der Waals surface area contributed by atoms with Crippen molar-refractivity contribution in [1.82, 2.24) is 19.5 Å². The number of hydrogen-bond donors (Lipinski definition) is 3. The summed E-state index contributed by atoms with van der Waals surface area (Å²) in [4.78, 5) is 16.1. The molecule has 0 aromatic carbocycles. The molecule has 0 radical (unpaired) electrons. The normalized spacial score (nSPS) is 20.4. The predicted octanol–water partition coefficient (Wildman–Crippen LogP) is 0.345. The molecule has 8 heteroatoms. The Kier molecular flexibility index (Phi) is 2.94. The van der Waals surface area contributed by atoms with E-state index in [2.05, 4.69) is 10.1 Å². The van der Waals surface area contributed by atoms with E-state index < -0.39 is 12.2 Å². The van der Waals surface area contributed by atoms with Gasteiger partial charge in [0.05, 0.1) is 5.69 Å². The number of anilines is 1. The van der Waals surface area contributed by atoms with Gasteiger partial charge in [0.1, 0.15) is 17.9 Å². The first-order valence-electron chi connectivity index (χ1n) is 6.32. The van der Waals surface area contributed by atoms with Gasteiger partial charge in [0.2, 0.25) is 0 Å². The second kappa shape index (κ2) is 4.64. The summed E-state index contributed by atoms with van der Waals surface area (Å²) in [5.74, 6) is 0.206. The molecule has 8 nitrogen and oxygen atoms in total. The van der Waals surface area contributed by atoms with Crippen molar-refractivity contribution in [2.24, 2.45) is 5.92 Å². The molecule has 3 rings (SSSR count). The Bertz CT molecular complexity index is 656. The van der Waals surface area contributed by atoms with Gasteiger partial charge in [-0.15, -0.1) is 0 Å². The Labute approximate surface area is 114 Å². The molecule has 2 atom stereocenters. The number of aromatic nitrogens is 3. The third-order valence-electron chi connectivity index (χ3n) is 3.76. The average molecular weight is 277 g/mol. The number of amides is 1. The lowest BCUT2D eigenvalue weighted by molar-refractivity contribution is 0.102. The molecule has 20 heavy (non-hydrogen) atoms. The van der Waals surface area contributed by atoms with Crippen LogP contribution in [0.15, 0.2) is 18.5 Å². The van der Waals surface area contributed by atoms with Gasteiger partial charge in [-0.3, -0.25) is 0 Å². The Morgan fingerprint density at radius 3 is 3.00 bits per heavy atom. The van der Waals surface area contributed by atoms with Crippen molar-refractivity contribution in [3.63, 3.8) is 0 Å². The van der Waals surface area contributed by atoms with E-state index in [1.807, 2.05) is 0 Å². The maximum Gasteiger partial charge on any atom is 0.407 e. The zero-order valence-electron chi connectivity index (χ0n) is 10.7. The number of carbonyl (C=O) groups is 1. The lowest BCUT2D eigenvalue weighted by Crippen LogP contribution is -2.28. The predicted molar refractivity (Wildman–Crippen MR) is 70.1 cm³/mol. The third kappa shape index (κ3) is 1.94. The monoisotopic (exact) mass is 277 g/mol. The van der Waals surface area contributed by atoms with Gasteiger partial charge < -0.3 is 20.8 Å². The summed E-state index contributed by atoms with van der Waals surface area (Å²) in [6.45, 7) is 0.766. The van der Waals surface area contributed by atoms with Gasteiger partial charge in [-0.05, 0) is 18.6 Å². The number of hydrogen-bond acceptors (Lipinski definition) is 5. The van der Waals surface area contributed by atoms with E-state index in [1.54, 1.807) is 16.6 Å². The number of nitrogens with zero attached hydrogens (tertiary/aromatic N) is 4. The molecule has 1 saturated heterocycles. The Balaban J connectivity index is 1.88. The molecule has 0 bridgehead atoms. The van der Waals surface area contributed by atoms with Crippen LogP contribution in [0.5, 0.6) is 0 Å². The van der Waals surface area contributed by atoms with E-state index >= 15 is 0 Å². The molecular formula is C12H15N5O3. The molecule has 2 aromatic rings. The smallest absolute Gasteiger partial charge is 0.407 e. The van der Waals surface area contributed by atoms with Crippen LogP contribution in [0.25, 0.3) is 5.52 Å². The minimum Gasteiger partial charge on any atom is -0.465 e. The van der Waals surface area contributed by atoms with Gasteiger partial charge in [0.15, 0.2) is 5.82 Å². The number of carboxylic acid groups (broad SMARTS) is 1. The fraction of sp³-hybridized carbons (Fsp3) is 0.417. The number of likely N-dealkylation sites (tertiary alicyclic amines) is 1. The molecule has 0 aliphatic carbocycles. The first-order chi connectivity index (χ1) is 9.58. The minimum atomic E-state index is -0.953. The van der Waals surface area contributed by atoms with Crippen LogP contribution in [0.2, 0.25) is 0 Å². The molecule has 2 aromatic heterocycles. The molecule has 1 aliphatic heterocycles. The zero-order chi connectivity index (χ0) is 14.3. The molecule has 3 heterocycles. The van der Waals surface area contributed by atoms with Crippen LogP contribution in [-0.4, -0.2) is 48.9 Å². The van der Waals surface area contributed by atoms with Crippen molar-refractivity contribution in [2.45, 2.75) is 12.5 Å². The van der Waals surface area contributed by atoms with Crippen molar-refractivity contribution >= 4 is 17.4 Å². The molecule has 4 N–H and O–H groups in total. The first-order valence-corrected chi connectivity index (χ1v) is 6.32. The molecule has 106 valence electrons. The zero-order valence-corrected chi connectivity index (χ0v) is 10.7. The molecule has 2 unspecified atom stereocenters. The van der Waals surface area contributed by atoms with E-state index in [0.717, 1.165) is 0 Å². The van der Waals surface area contributed by atoms with Crippen LogP contribution in [0.1, 0.15) is 18.2 Å². The summed E-state index contributed by atoms with van der Waals surface area (Å²) in [6, 6.07) is 3.49. The van der Waals surface area contributed by atoms with Crippen molar-refractivity contribution in [1.29, 1.82) is 0 Å². The molecule has 1 aliphatic rings. The largest absolute Gasteiger partial charge is 0.465 e. The van der Waals surface area contributed by atoms with E-state index in [9.17, 15) is 9.90 Å². The number of nitrogen functional groups attached to an aromatic ring is 1. The van der Waals surface area contributed by atoms with Crippen molar-refractivity contribution in [3.8, 4) is 0 Å². The molecule has 1 amide bonds. The number of rotatable bonds is 2. The average Bonchev–Trinajstić information content (AvgIpc) is 3.05. The van der Waals surface area contributed by atoms with Crippen LogP contribution in [0.3, 0.4) is 0 Å². The fourth-order valence-electron chi connectivity index (χ4n) is 2.66. The van der Waals surface area contributed by atoms with Gasteiger partial charge in [-0.2, -0.15) is 5.10 Å². The SMILES string of the molecule is Nc1ncnn2c(C(O)C3CCN(C(=O)O)C3)ccc12. The summed E-state index contributed by atoms with van der Waals surface area (Å²) < 4.78 is 1.55. The van der Waals surface area contributed by atoms with Crippen molar-refractivity contribution in [2.75, 3.05) is 18.8 Å². The van der Waals surface area contributed by atoms with Gasteiger partial charge >= 0.3 is 6.09 Å². The van der Waals surface area contributed by atoms with Crippen LogP contribution in [-0.2, 0) is 0 Å². The Morgan fingerprint density at radius 1 is 1.50 bits per heavy atom. The Morgan fingerprint density at radius 2 is 2.30 bits per heavy atom. The minimum absolute atomic E-state index is 0.139. The third-order valence-corrected chi connectivity index (χ3v) is 3.76. The number of aliphatic hydroxyl groups is 1. The maximum absolute atomic E-state index is 10.9. The maximum atomic E-state index is 10.9. The highest BCUT2D eigenvalue weighted by atomic mass is 16.4. The fourth-order valence-corrected chi connectivity index (χ4v) is 2.66. The summed E-state index contributed by atoms with van der Waals surface area (Å²) in [5, 5.41) is 23.5. The number of aliphatic hydroxyl groups excluding tert-OH is 1. The highest BCUT2D eigenvalue weighted by molar-refractivity contribution is 5.66. The van der Waals surface area contributed by atoms with Crippen molar-refractivity contribution < 1.29 is 15.0 Å². The summed E-state index contributed by atoms with van der Waals surface area (Å²) in [6.07, 6.45) is 0.223. The number of fused-ring (bicyclic) bond motifs is 1. The second-order valence-corrected chi connectivity index (χ2v) is 4.92. The highest BCUT2D eigenvalue weighted by Crippen LogP contribution is 2.31. The molecule has 1 fully saturated rings. The topological polar surface area (TPSA) is 117 Å². The van der Waals surface area contributed by atoms with Crippen molar-refractivity contribution in [3.05, 3.63) is 24.2 Å². The summed E-state index contributed by atoms with van der Waals surface area (Å²) >= 11 is 0. The first kappa shape index (κ1) is 12.7. The number of nitrogens with two attached hydrogens (primary N) is 1.